The van der Waals surface area contributed by atoms with Crippen LogP contribution in [0.25, 0.3) is 0 Å². The van der Waals surface area contributed by atoms with Gasteiger partial charge in [-0.05, 0) is 37.0 Å². The molecule has 0 amide bonds. The lowest BCUT2D eigenvalue weighted by molar-refractivity contribution is 0.0102. The zero-order valence-corrected chi connectivity index (χ0v) is 11.7. The van der Waals surface area contributed by atoms with Crippen molar-refractivity contribution in [3.8, 4) is 0 Å². The van der Waals surface area contributed by atoms with Crippen molar-refractivity contribution >= 4 is 0 Å². The number of halogens is 2. The summed E-state index contributed by atoms with van der Waals surface area (Å²) in [6, 6.07) is 0. The Bertz CT molecular complexity index is 231. The van der Waals surface area contributed by atoms with Gasteiger partial charge in [-0.25, -0.2) is 8.78 Å². The van der Waals surface area contributed by atoms with Gasteiger partial charge in [0, 0.05) is 5.92 Å². The van der Waals surface area contributed by atoms with Gasteiger partial charge in [-0.1, -0.05) is 51.9 Å². The molecular weight excluding hydrogens is 230 g/mol. The van der Waals surface area contributed by atoms with E-state index in [2.05, 4.69) is 6.92 Å². The lowest BCUT2D eigenvalue weighted by Crippen LogP contribution is -2.32. The first kappa shape index (κ1) is 14.3. The molecule has 0 aromatic rings. The average molecular weight is 258 g/mol. The zero-order valence-electron chi connectivity index (χ0n) is 11.7. The summed E-state index contributed by atoms with van der Waals surface area (Å²) in [5.74, 6) is 1.68. The van der Waals surface area contributed by atoms with Crippen LogP contribution in [0.2, 0.25) is 0 Å². The molecule has 0 aliphatic heterocycles. The van der Waals surface area contributed by atoms with Gasteiger partial charge in [0.05, 0.1) is 0 Å². The van der Waals surface area contributed by atoms with Crippen molar-refractivity contribution in [1.82, 2.24) is 0 Å². The van der Waals surface area contributed by atoms with Gasteiger partial charge < -0.3 is 0 Å². The van der Waals surface area contributed by atoms with Crippen molar-refractivity contribution in [3.05, 3.63) is 0 Å². The average Bonchev–Trinajstić information content (AvgIpc) is 2.29. The highest BCUT2D eigenvalue weighted by molar-refractivity contribution is 4.84. The molecule has 3 atom stereocenters. The van der Waals surface area contributed by atoms with Gasteiger partial charge in [-0.15, -0.1) is 0 Å². The summed E-state index contributed by atoms with van der Waals surface area (Å²) < 4.78 is 25.9. The number of alkyl halides is 2. The van der Waals surface area contributed by atoms with E-state index in [1.54, 1.807) is 0 Å². The van der Waals surface area contributed by atoms with Gasteiger partial charge in [0.15, 0.2) is 0 Å². The summed E-state index contributed by atoms with van der Waals surface area (Å²) in [5, 5.41) is 0. The smallest absolute Gasteiger partial charge is 0.210 e. The van der Waals surface area contributed by atoms with E-state index >= 15 is 0 Å². The van der Waals surface area contributed by atoms with Crippen molar-refractivity contribution < 1.29 is 8.78 Å². The lowest BCUT2D eigenvalue weighted by atomic mass is 9.66. The Hall–Kier alpha value is -0.140. The number of hydrogen-bond donors (Lipinski definition) is 0. The van der Waals surface area contributed by atoms with E-state index in [-0.39, 0.29) is 5.92 Å². The van der Waals surface area contributed by atoms with E-state index in [4.69, 9.17) is 0 Å². The minimum absolute atomic E-state index is 0.309. The van der Waals surface area contributed by atoms with Crippen LogP contribution in [0.4, 0.5) is 8.78 Å². The van der Waals surface area contributed by atoms with Crippen LogP contribution in [0.5, 0.6) is 0 Å². The van der Waals surface area contributed by atoms with Gasteiger partial charge in [0.1, 0.15) is 0 Å². The highest BCUT2D eigenvalue weighted by Gasteiger charge is 2.36. The molecule has 2 fully saturated rings. The summed E-state index contributed by atoms with van der Waals surface area (Å²) in [4.78, 5) is 0. The fourth-order valence-electron chi connectivity index (χ4n) is 4.19. The van der Waals surface area contributed by atoms with Crippen molar-refractivity contribution in [2.45, 2.75) is 77.6 Å². The van der Waals surface area contributed by atoms with Gasteiger partial charge in [-0.2, -0.15) is 0 Å². The van der Waals surface area contributed by atoms with Crippen LogP contribution in [0, 0.1) is 23.7 Å². The highest BCUT2D eigenvalue weighted by atomic mass is 19.3. The SMILES string of the molecule is CC1CCC(C(F)F)CC1C1CCCCCCC1. The molecule has 2 aliphatic rings. The van der Waals surface area contributed by atoms with Gasteiger partial charge in [0.2, 0.25) is 6.43 Å². The maximum atomic E-state index is 12.9. The Labute approximate surface area is 111 Å². The maximum Gasteiger partial charge on any atom is 0.241 e. The molecule has 0 bridgehead atoms. The Morgan fingerprint density at radius 1 is 0.833 bits per heavy atom. The van der Waals surface area contributed by atoms with Crippen LogP contribution < -0.4 is 0 Å². The molecule has 2 aliphatic carbocycles. The van der Waals surface area contributed by atoms with Crippen LogP contribution in [0.3, 0.4) is 0 Å². The number of hydrogen-bond acceptors (Lipinski definition) is 0. The van der Waals surface area contributed by atoms with Crippen molar-refractivity contribution in [3.63, 3.8) is 0 Å². The Morgan fingerprint density at radius 2 is 1.44 bits per heavy atom. The first-order chi connectivity index (χ1) is 8.68. The molecule has 0 heterocycles. The molecule has 0 saturated heterocycles. The molecule has 0 radical (unpaired) electrons. The van der Waals surface area contributed by atoms with Crippen molar-refractivity contribution in [2.75, 3.05) is 0 Å². The zero-order chi connectivity index (χ0) is 13.0. The quantitative estimate of drug-likeness (QED) is 0.599. The summed E-state index contributed by atoms with van der Waals surface area (Å²) in [7, 11) is 0. The third kappa shape index (κ3) is 3.68. The van der Waals surface area contributed by atoms with Crippen LogP contribution in [0.1, 0.15) is 71.1 Å². The fraction of sp³-hybridized carbons (Fsp3) is 1.00. The minimum Gasteiger partial charge on any atom is -0.210 e. The Kier molecular flexibility index (Phi) is 5.44. The third-order valence-electron chi connectivity index (χ3n) is 5.41. The molecule has 3 unspecified atom stereocenters. The molecule has 106 valence electrons. The van der Waals surface area contributed by atoms with Crippen LogP contribution in [-0.4, -0.2) is 6.43 Å². The fourth-order valence-corrected chi connectivity index (χ4v) is 4.19. The molecular formula is C16H28F2. The molecule has 0 spiro atoms. The van der Waals surface area contributed by atoms with E-state index in [1.165, 1.54) is 44.9 Å². The molecule has 18 heavy (non-hydrogen) atoms. The van der Waals surface area contributed by atoms with Crippen molar-refractivity contribution in [2.24, 2.45) is 23.7 Å². The molecule has 0 aromatic heterocycles. The van der Waals surface area contributed by atoms with Gasteiger partial charge >= 0.3 is 0 Å². The topological polar surface area (TPSA) is 0 Å². The van der Waals surface area contributed by atoms with Gasteiger partial charge in [-0.3, -0.25) is 0 Å². The minimum atomic E-state index is -2.09. The van der Waals surface area contributed by atoms with Gasteiger partial charge in [0.25, 0.3) is 0 Å². The monoisotopic (exact) mass is 258 g/mol. The van der Waals surface area contributed by atoms with E-state index in [9.17, 15) is 8.78 Å². The molecule has 2 rings (SSSR count). The summed E-state index contributed by atoms with van der Waals surface area (Å²) in [6.07, 6.45) is 9.82. The lowest BCUT2D eigenvalue weighted by Gasteiger charge is -2.39. The second kappa shape index (κ2) is 6.86. The molecule has 0 N–H and O–H groups in total. The van der Waals surface area contributed by atoms with E-state index < -0.39 is 6.43 Å². The standard InChI is InChI=1S/C16H28F2/c1-12-9-10-14(16(17)18)11-15(12)13-7-5-3-2-4-6-8-13/h12-16H,2-11H2,1H3. The van der Waals surface area contributed by atoms with Crippen LogP contribution in [-0.2, 0) is 0 Å². The largest absolute Gasteiger partial charge is 0.241 e. The third-order valence-corrected chi connectivity index (χ3v) is 5.41. The van der Waals surface area contributed by atoms with Crippen LogP contribution >= 0.6 is 0 Å². The first-order valence-electron chi connectivity index (χ1n) is 7.96. The van der Waals surface area contributed by atoms with E-state index in [1.807, 2.05) is 0 Å². The second-order valence-corrected chi connectivity index (χ2v) is 6.65. The van der Waals surface area contributed by atoms with E-state index in [0.717, 1.165) is 25.2 Å². The predicted molar refractivity (Wildman–Crippen MR) is 71.8 cm³/mol. The highest BCUT2D eigenvalue weighted by Crippen LogP contribution is 2.44. The second-order valence-electron chi connectivity index (χ2n) is 6.65. The Balaban J connectivity index is 1.94. The normalized spacial score (nSPS) is 36.3. The molecule has 0 aromatic carbocycles. The molecule has 2 heteroatoms. The first-order valence-corrected chi connectivity index (χ1v) is 7.96. The maximum absolute atomic E-state index is 12.9. The summed E-state index contributed by atoms with van der Waals surface area (Å²) >= 11 is 0. The summed E-state index contributed by atoms with van der Waals surface area (Å²) in [6.45, 7) is 2.30. The predicted octanol–water partition coefficient (Wildman–Crippen LogP) is 5.66. The number of rotatable bonds is 2. The molecule has 2 saturated carbocycles. The van der Waals surface area contributed by atoms with E-state index in [0.29, 0.717) is 11.8 Å². The van der Waals surface area contributed by atoms with Crippen LogP contribution in [0.15, 0.2) is 0 Å². The van der Waals surface area contributed by atoms with Crippen molar-refractivity contribution in [1.29, 1.82) is 0 Å². The summed E-state index contributed by atoms with van der Waals surface area (Å²) in [5.41, 5.74) is 0. The molecule has 0 nitrogen and oxygen atoms in total. The Morgan fingerprint density at radius 3 is 2.06 bits per heavy atom.